The fraction of sp³-hybridized carbons (Fsp3) is 0.562. The summed E-state index contributed by atoms with van der Waals surface area (Å²) in [5.74, 6) is 0.301. The van der Waals surface area contributed by atoms with Gasteiger partial charge in [-0.25, -0.2) is 0 Å². The lowest BCUT2D eigenvalue weighted by Gasteiger charge is -2.31. The molecule has 0 aliphatic carbocycles. The van der Waals surface area contributed by atoms with Gasteiger partial charge in [-0.3, -0.25) is 4.79 Å². The van der Waals surface area contributed by atoms with E-state index in [2.05, 4.69) is 44.3 Å². The fourth-order valence-electron chi connectivity index (χ4n) is 2.85. The summed E-state index contributed by atoms with van der Waals surface area (Å²) in [6.07, 6.45) is 0.868. The van der Waals surface area contributed by atoms with Crippen LogP contribution < -0.4 is 5.32 Å². The fourth-order valence-corrected chi connectivity index (χ4v) is 2.85. The molecule has 1 N–H and O–H groups in total. The van der Waals surface area contributed by atoms with Crippen LogP contribution in [-0.4, -0.2) is 37.0 Å². The highest BCUT2D eigenvalue weighted by atomic mass is 16.2. The number of nitrogens with one attached hydrogen (secondary N) is 1. The largest absolute Gasteiger partial charge is 0.340 e. The summed E-state index contributed by atoms with van der Waals surface area (Å²) in [6.45, 7) is 9.79. The average molecular weight is 260 g/mol. The normalized spacial score (nSPS) is 17.3. The minimum Gasteiger partial charge on any atom is -0.340 e. The molecule has 1 aliphatic heterocycles. The first-order chi connectivity index (χ1) is 9.13. The van der Waals surface area contributed by atoms with E-state index < -0.39 is 0 Å². The molecule has 0 spiro atoms. The zero-order valence-corrected chi connectivity index (χ0v) is 12.2. The predicted octanol–water partition coefficient (Wildman–Crippen LogP) is 2.23. The van der Waals surface area contributed by atoms with E-state index in [0.717, 1.165) is 32.6 Å². The van der Waals surface area contributed by atoms with Gasteiger partial charge in [0.1, 0.15) is 0 Å². The third-order valence-corrected chi connectivity index (χ3v) is 3.94. The molecule has 1 aromatic carbocycles. The smallest absolute Gasteiger partial charge is 0.230 e. The van der Waals surface area contributed by atoms with Gasteiger partial charge in [-0.05, 0) is 31.4 Å². The van der Waals surface area contributed by atoms with E-state index in [-0.39, 0.29) is 11.8 Å². The van der Waals surface area contributed by atoms with Crippen LogP contribution in [0, 0.1) is 13.8 Å². The number of aryl methyl sites for hydroxylation is 2. The number of carbonyl (C=O) groups is 1. The van der Waals surface area contributed by atoms with E-state index in [1.807, 2.05) is 4.90 Å². The average Bonchev–Trinajstić information content (AvgIpc) is 2.42. The Labute approximate surface area is 116 Å². The number of rotatable bonds is 3. The van der Waals surface area contributed by atoms with E-state index in [0.29, 0.717) is 0 Å². The molecule has 3 nitrogen and oxygen atoms in total. The molecular formula is C16H24N2O. The van der Waals surface area contributed by atoms with Crippen molar-refractivity contribution in [2.75, 3.05) is 26.2 Å². The molecule has 0 bridgehead atoms. The Morgan fingerprint density at radius 1 is 1.32 bits per heavy atom. The molecule has 1 saturated heterocycles. The Kier molecular flexibility index (Phi) is 4.59. The lowest BCUT2D eigenvalue weighted by molar-refractivity contribution is -0.133. The molecule has 2 rings (SSSR count). The van der Waals surface area contributed by atoms with Gasteiger partial charge < -0.3 is 10.2 Å². The third kappa shape index (κ3) is 3.16. The van der Waals surface area contributed by atoms with Gasteiger partial charge in [0.2, 0.25) is 5.91 Å². The van der Waals surface area contributed by atoms with Crippen molar-refractivity contribution >= 4 is 5.91 Å². The molecule has 19 heavy (non-hydrogen) atoms. The number of nitrogens with zero attached hydrogens (tertiary/aromatic N) is 1. The molecule has 1 amide bonds. The monoisotopic (exact) mass is 260 g/mol. The van der Waals surface area contributed by atoms with Crippen molar-refractivity contribution in [3.8, 4) is 0 Å². The van der Waals surface area contributed by atoms with Crippen molar-refractivity contribution in [1.82, 2.24) is 10.2 Å². The van der Waals surface area contributed by atoms with Crippen LogP contribution in [0.3, 0.4) is 0 Å². The van der Waals surface area contributed by atoms with Gasteiger partial charge >= 0.3 is 0 Å². The van der Waals surface area contributed by atoms with Crippen molar-refractivity contribution in [1.29, 1.82) is 0 Å². The molecule has 0 saturated carbocycles. The zero-order chi connectivity index (χ0) is 13.8. The van der Waals surface area contributed by atoms with Crippen molar-refractivity contribution in [3.63, 3.8) is 0 Å². The Bertz CT molecular complexity index is 450. The predicted molar refractivity (Wildman–Crippen MR) is 78.4 cm³/mol. The lowest BCUT2D eigenvalue weighted by atomic mass is 9.90. The van der Waals surface area contributed by atoms with Gasteiger partial charge in [-0.15, -0.1) is 0 Å². The summed E-state index contributed by atoms with van der Waals surface area (Å²) < 4.78 is 0. The second kappa shape index (κ2) is 6.20. The Balaban J connectivity index is 2.20. The summed E-state index contributed by atoms with van der Waals surface area (Å²) in [5.41, 5.74) is 3.68. The van der Waals surface area contributed by atoms with Gasteiger partial charge in [-0.1, -0.05) is 30.7 Å². The SMILES string of the molecule is CCC(C(=O)N1CCNCC1)c1ccc(C)cc1C. The summed E-state index contributed by atoms with van der Waals surface area (Å²) >= 11 is 0. The van der Waals surface area contributed by atoms with E-state index in [4.69, 9.17) is 0 Å². The van der Waals surface area contributed by atoms with Crippen molar-refractivity contribution in [2.24, 2.45) is 0 Å². The third-order valence-electron chi connectivity index (χ3n) is 3.94. The van der Waals surface area contributed by atoms with Crippen LogP contribution in [0.25, 0.3) is 0 Å². The maximum Gasteiger partial charge on any atom is 0.230 e. The number of amides is 1. The molecular weight excluding hydrogens is 236 g/mol. The first-order valence-electron chi connectivity index (χ1n) is 7.20. The second-order valence-electron chi connectivity index (χ2n) is 5.40. The quantitative estimate of drug-likeness (QED) is 0.904. The van der Waals surface area contributed by atoms with E-state index in [9.17, 15) is 4.79 Å². The molecule has 1 aromatic rings. The second-order valence-corrected chi connectivity index (χ2v) is 5.40. The minimum absolute atomic E-state index is 0.0127. The molecule has 1 unspecified atom stereocenters. The van der Waals surface area contributed by atoms with Crippen molar-refractivity contribution < 1.29 is 4.79 Å². The lowest BCUT2D eigenvalue weighted by Crippen LogP contribution is -2.48. The molecule has 1 aliphatic rings. The van der Waals surface area contributed by atoms with Crippen LogP contribution >= 0.6 is 0 Å². The standard InChI is InChI=1S/C16H24N2O/c1-4-14(15-6-5-12(2)11-13(15)3)16(19)18-9-7-17-8-10-18/h5-6,11,14,17H,4,7-10H2,1-3H3. The maximum atomic E-state index is 12.7. The van der Waals surface area contributed by atoms with E-state index >= 15 is 0 Å². The zero-order valence-electron chi connectivity index (χ0n) is 12.2. The maximum absolute atomic E-state index is 12.7. The Morgan fingerprint density at radius 2 is 2.00 bits per heavy atom. The van der Waals surface area contributed by atoms with Crippen molar-refractivity contribution in [2.45, 2.75) is 33.1 Å². The van der Waals surface area contributed by atoms with Crippen molar-refractivity contribution in [3.05, 3.63) is 34.9 Å². The molecule has 104 valence electrons. The van der Waals surface area contributed by atoms with Gasteiger partial charge in [-0.2, -0.15) is 0 Å². The summed E-state index contributed by atoms with van der Waals surface area (Å²) in [4.78, 5) is 14.7. The molecule has 1 heterocycles. The molecule has 3 heteroatoms. The Morgan fingerprint density at radius 3 is 2.58 bits per heavy atom. The summed E-state index contributed by atoms with van der Waals surface area (Å²) in [6, 6.07) is 6.40. The summed E-state index contributed by atoms with van der Waals surface area (Å²) in [5, 5.41) is 3.29. The highest BCUT2D eigenvalue weighted by Crippen LogP contribution is 2.26. The van der Waals surface area contributed by atoms with Gasteiger partial charge in [0.05, 0.1) is 5.92 Å². The number of piperazine rings is 1. The number of hydrogen-bond donors (Lipinski definition) is 1. The summed E-state index contributed by atoms with van der Waals surface area (Å²) in [7, 11) is 0. The molecule has 0 aromatic heterocycles. The van der Waals surface area contributed by atoms with Crippen LogP contribution in [0.4, 0.5) is 0 Å². The van der Waals surface area contributed by atoms with E-state index in [1.165, 1.54) is 16.7 Å². The van der Waals surface area contributed by atoms with Crippen LogP contribution in [-0.2, 0) is 4.79 Å². The molecule has 1 fully saturated rings. The van der Waals surface area contributed by atoms with Gasteiger partial charge in [0.25, 0.3) is 0 Å². The number of carbonyl (C=O) groups excluding carboxylic acids is 1. The number of benzene rings is 1. The molecule has 0 radical (unpaired) electrons. The number of hydrogen-bond acceptors (Lipinski definition) is 2. The molecule has 1 atom stereocenters. The minimum atomic E-state index is 0.0127. The Hall–Kier alpha value is -1.35. The first-order valence-corrected chi connectivity index (χ1v) is 7.20. The van der Waals surface area contributed by atoms with E-state index in [1.54, 1.807) is 0 Å². The van der Waals surface area contributed by atoms with Crippen LogP contribution in [0.1, 0.15) is 36.0 Å². The first kappa shape index (κ1) is 14.1. The highest BCUT2D eigenvalue weighted by molar-refractivity contribution is 5.84. The van der Waals surface area contributed by atoms with Crippen LogP contribution in [0.2, 0.25) is 0 Å². The topological polar surface area (TPSA) is 32.3 Å². The van der Waals surface area contributed by atoms with Gasteiger partial charge in [0.15, 0.2) is 0 Å². The van der Waals surface area contributed by atoms with Crippen LogP contribution in [0.15, 0.2) is 18.2 Å². The highest BCUT2D eigenvalue weighted by Gasteiger charge is 2.26. The van der Waals surface area contributed by atoms with Gasteiger partial charge in [0, 0.05) is 26.2 Å². The van der Waals surface area contributed by atoms with Crippen LogP contribution in [0.5, 0.6) is 0 Å².